The Morgan fingerprint density at radius 1 is 1.11 bits per heavy atom. The van der Waals surface area contributed by atoms with Crippen molar-refractivity contribution in [3.8, 4) is 0 Å². The first-order valence-corrected chi connectivity index (χ1v) is 10.0. The topological polar surface area (TPSA) is 113 Å². The van der Waals surface area contributed by atoms with E-state index in [9.17, 15) is 19.5 Å². The lowest BCUT2D eigenvalue weighted by Crippen LogP contribution is -2.52. The number of likely N-dealkylation sites (N-methyl/N-ethyl adjacent to an activating group) is 1. The monoisotopic (exact) mass is 387 g/mol. The summed E-state index contributed by atoms with van der Waals surface area (Å²) in [6.45, 7) is 0. The fraction of sp³-hybridized carbons (Fsp3) is 0.571. The van der Waals surface area contributed by atoms with Crippen LogP contribution in [0.4, 0.5) is 5.69 Å². The number of carbonyl (C=O) groups is 3. The summed E-state index contributed by atoms with van der Waals surface area (Å²) >= 11 is 0. The molecule has 2 amide bonds. The minimum atomic E-state index is -1.07. The number of nitrogens with two attached hydrogens (primary N) is 1. The molecule has 0 bridgehead atoms. The molecule has 0 aromatic heterocycles. The van der Waals surface area contributed by atoms with Gasteiger partial charge in [0.05, 0.1) is 17.3 Å². The fourth-order valence-corrected chi connectivity index (χ4v) is 4.14. The minimum absolute atomic E-state index is 0.00740. The molecule has 1 atom stereocenters. The third kappa shape index (κ3) is 4.35. The second-order valence-electron chi connectivity index (χ2n) is 8.01. The van der Waals surface area contributed by atoms with Crippen LogP contribution in [0.1, 0.15) is 55.3 Å². The van der Waals surface area contributed by atoms with Crippen LogP contribution < -0.4 is 11.1 Å². The van der Waals surface area contributed by atoms with Crippen LogP contribution in [0.3, 0.4) is 0 Å². The van der Waals surface area contributed by atoms with Crippen molar-refractivity contribution >= 4 is 23.5 Å². The molecule has 0 aliphatic heterocycles. The third-order valence-corrected chi connectivity index (χ3v) is 6.32. The van der Waals surface area contributed by atoms with Gasteiger partial charge in [0.1, 0.15) is 0 Å². The van der Waals surface area contributed by atoms with Crippen LogP contribution in [0.25, 0.3) is 0 Å². The van der Waals surface area contributed by atoms with E-state index in [0.717, 1.165) is 25.7 Å². The number of rotatable bonds is 6. The van der Waals surface area contributed by atoms with Gasteiger partial charge in [-0.1, -0.05) is 12.1 Å². The maximum atomic E-state index is 12.6. The number of benzene rings is 1. The van der Waals surface area contributed by atoms with Crippen LogP contribution >= 0.6 is 0 Å². The summed E-state index contributed by atoms with van der Waals surface area (Å²) < 4.78 is 0. The Morgan fingerprint density at radius 2 is 1.75 bits per heavy atom. The van der Waals surface area contributed by atoms with E-state index in [0.29, 0.717) is 24.6 Å². The predicted octanol–water partition coefficient (Wildman–Crippen LogP) is 2.47. The quantitative estimate of drug-likeness (QED) is 0.694. The number of anilines is 1. The summed E-state index contributed by atoms with van der Waals surface area (Å²) in [4.78, 5) is 38.3. The largest absolute Gasteiger partial charge is 0.478 e. The van der Waals surface area contributed by atoms with Gasteiger partial charge in [0.2, 0.25) is 11.8 Å². The number of carbonyl (C=O) groups excluding carboxylic acids is 2. The lowest BCUT2D eigenvalue weighted by molar-refractivity contribution is -0.136. The maximum absolute atomic E-state index is 12.6. The summed E-state index contributed by atoms with van der Waals surface area (Å²) in [5.74, 6) is -1.33. The molecule has 0 radical (unpaired) electrons. The number of hydrogen-bond acceptors (Lipinski definition) is 4. The Labute approximate surface area is 165 Å². The van der Waals surface area contributed by atoms with Crippen LogP contribution in [-0.2, 0) is 9.59 Å². The van der Waals surface area contributed by atoms with Crippen molar-refractivity contribution in [2.45, 2.75) is 57.0 Å². The van der Waals surface area contributed by atoms with Gasteiger partial charge in [-0.05, 0) is 63.0 Å². The highest BCUT2D eigenvalue weighted by Crippen LogP contribution is 2.33. The summed E-state index contributed by atoms with van der Waals surface area (Å²) in [5.41, 5.74) is 6.65. The van der Waals surface area contributed by atoms with Crippen molar-refractivity contribution in [1.82, 2.24) is 4.90 Å². The van der Waals surface area contributed by atoms with E-state index in [4.69, 9.17) is 5.73 Å². The van der Waals surface area contributed by atoms with E-state index < -0.39 is 12.0 Å². The molecular weight excluding hydrogens is 358 g/mol. The average molecular weight is 387 g/mol. The van der Waals surface area contributed by atoms with Crippen LogP contribution in [0, 0.1) is 11.8 Å². The van der Waals surface area contributed by atoms with E-state index in [1.54, 1.807) is 23.1 Å². The second-order valence-corrected chi connectivity index (χ2v) is 8.01. The number of nitrogens with one attached hydrogen (secondary N) is 1. The number of amides is 2. The standard InChI is InChI=1S/C21H29N3O4/c1-24(15-5-4-6-15)20(26)18(22)13-9-11-14(12-10-13)19(25)23-17-8-3-2-7-16(17)21(27)28/h2-3,7-8,13-15,18H,4-6,9-12,22H2,1H3,(H,23,25)(H,27,28)/t13?,14?,18-/m0/s1. The zero-order valence-corrected chi connectivity index (χ0v) is 16.3. The summed E-state index contributed by atoms with van der Waals surface area (Å²) in [7, 11) is 1.84. The molecule has 7 heteroatoms. The van der Waals surface area contributed by atoms with Crippen LogP contribution in [0.5, 0.6) is 0 Å². The Balaban J connectivity index is 1.52. The first-order valence-electron chi connectivity index (χ1n) is 10.0. The van der Waals surface area contributed by atoms with Gasteiger partial charge in [-0.3, -0.25) is 9.59 Å². The lowest BCUT2D eigenvalue weighted by atomic mass is 9.77. The van der Waals surface area contributed by atoms with Gasteiger partial charge in [0.25, 0.3) is 0 Å². The van der Waals surface area contributed by atoms with Gasteiger partial charge in [0, 0.05) is 19.0 Å². The Kier molecular flexibility index (Phi) is 6.34. The van der Waals surface area contributed by atoms with E-state index >= 15 is 0 Å². The molecule has 4 N–H and O–H groups in total. The molecule has 1 aromatic carbocycles. The van der Waals surface area contributed by atoms with Crippen LogP contribution in [0.15, 0.2) is 24.3 Å². The minimum Gasteiger partial charge on any atom is -0.478 e. The molecule has 2 saturated carbocycles. The smallest absolute Gasteiger partial charge is 0.337 e. The molecule has 0 heterocycles. The van der Waals surface area contributed by atoms with Gasteiger partial charge in [-0.15, -0.1) is 0 Å². The molecule has 2 fully saturated rings. The second kappa shape index (κ2) is 8.73. The van der Waals surface area contributed by atoms with Crippen molar-refractivity contribution < 1.29 is 19.5 Å². The van der Waals surface area contributed by atoms with E-state index in [2.05, 4.69) is 5.32 Å². The maximum Gasteiger partial charge on any atom is 0.337 e. The molecule has 1 aromatic rings. The Morgan fingerprint density at radius 3 is 2.32 bits per heavy atom. The summed E-state index contributed by atoms with van der Waals surface area (Å²) in [5, 5.41) is 12.0. The number of aromatic carboxylic acids is 1. The Bertz CT molecular complexity index is 739. The first-order chi connectivity index (χ1) is 13.4. The molecule has 0 saturated heterocycles. The van der Waals surface area contributed by atoms with E-state index in [1.807, 2.05) is 7.05 Å². The van der Waals surface area contributed by atoms with Gasteiger partial charge in [-0.2, -0.15) is 0 Å². The van der Waals surface area contributed by atoms with Gasteiger partial charge >= 0.3 is 5.97 Å². The summed E-state index contributed by atoms with van der Waals surface area (Å²) in [6.07, 6.45) is 6.04. The van der Waals surface area contributed by atoms with Gasteiger partial charge in [-0.25, -0.2) is 4.79 Å². The highest BCUT2D eigenvalue weighted by molar-refractivity contribution is 6.01. The highest BCUT2D eigenvalue weighted by atomic mass is 16.4. The molecule has 2 aliphatic rings. The molecule has 0 spiro atoms. The molecule has 7 nitrogen and oxygen atoms in total. The average Bonchev–Trinajstić information content (AvgIpc) is 2.65. The van der Waals surface area contributed by atoms with Crippen molar-refractivity contribution in [3.63, 3.8) is 0 Å². The SMILES string of the molecule is CN(C(=O)[C@@H](N)C1CCC(C(=O)Nc2ccccc2C(=O)O)CC1)C1CCC1. The van der Waals surface area contributed by atoms with Crippen molar-refractivity contribution in [3.05, 3.63) is 29.8 Å². The zero-order valence-electron chi connectivity index (χ0n) is 16.3. The van der Waals surface area contributed by atoms with Crippen molar-refractivity contribution in [1.29, 1.82) is 0 Å². The van der Waals surface area contributed by atoms with Crippen molar-refractivity contribution in [2.24, 2.45) is 17.6 Å². The van der Waals surface area contributed by atoms with Gasteiger partial charge < -0.3 is 21.1 Å². The third-order valence-electron chi connectivity index (χ3n) is 6.32. The predicted molar refractivity (Wildman–Crippen MR) is 106 cm³/mol. The van der Waals surface area contributed by atoms with Gasteiger partial charge in [0.15, 0.2) is 0 Å². The molecule has 152 valence electrons. The van der Waals surface area contributed by atoms with Crippen LogP contribution in [-0.4, -0.2) is 46.9 Å². The normalized spacial score (nSPS) is 23.4. The highest BCUT2D eigenvalue weighted by Gasteiger charge is 2.35. The molecule has 28 heavy (non-hydrogen) atoms. The molecule has 2 aliphatic carbocycles. The molecule has 0 unspecified atom stereocenters. The van der Waals surface area contributed by atoms with E-state index in [1.165, 1.54) is 12.5 Å². The summed E-state index contributed by atoms with van der Waals surface area (Å²) in [6, 6.07) is 6.21. The molecular formula is C21H29N3O4. The zero-order chi connectivity index (χ0) is 20.3. The first kappa shape index (κ1) is 20.3. The molecule has 3 rings (SSSR count). The number of nitrogens with zero attached hydrogens (tertiary/aromatic N) is 1. The Hall–Kier alpha value is -2.41. The van der Waals surface area contributed by atoms with E-state index in [-0.39, 0.29) is 29.2 Å². The number of carboxylic acids is 1. The lowest BCUT2D eigenvalue weighted by Gasteiger charge is -2.38. The van der Waals surface area contributed by atoms with Crippen molar-refractivity contribution in [2.75, 3.05) is 12.4 Å². The number of para-hydroxylation sites is 1. The number of hydrogen-bond donors (Lipinski definition) is 3. The fourth-order valence-electron chi connectivity index (χ4n) is 4.14. The number of carboxylic acid groups (broad SMARTS) is 1. The van der Waals surface area contributed by atoms with Crippen LogP contribution in [0.2, 0.25) is 0 Å².